The van der Waals surface area contributed by atoms with E-state index in [4.69, 9.17) is 14.5 Å². The van der Waals surface area contributed by atoms with Gasteiger partial charge in [-0.25, -0.2) is 4.98 Å². The van der Waals surface area contributed by atoms with Crippen LogP contribution in [0.5, 0.6) is 11.5 Å². The average Bonchev–Trinajstić information content (AvgIpc) is 3.45. The van der Waals surface area contributed by atoms with Crippen molar-refractivity contribution in [2.24, 2.45) is 10.9 Å². The van der Waals surface area contributed by atoms with Crippen LogP contribution in [0.2, 0.25) is 0 Å². The minimum absolute atomic E-state index is 0.702. The molecular weight excluding hydrogens is 376 g/mol. The molecule has 5 rings (SSSR count). The topological polar surface area (TPSA) is 59.8 Å². The Kier molecular flexibility index (Phi) is 4.83. The smallest absolute Gasteiger partial charge is 0.124 e. The summed E-state index contributed by atoms with van der Waals surface area (Å²) in [4.78, 5) is 16.1. The fourth-order valence-corrected chi connectivity index (χ4v) is 3.70. The SMILES string of the molecule is COc1cc(OC)cc(N(CC2CC2)c2ccc3ncc(C4=CCC=N4)nc3c2)c1. The number of hydrogen-bond acceptors (Lipinski definition) is 6. The number of aliphatic imine (C=N–C) groups is 1. The molecule has 1 aliphatic carbocycles. The predicted octanol–water partition coefficient (Wildman–Crippen LogP) is 5.01. The van der Waals surface area contributed by atoms with Gasteiger partial charge in [-0.3, -0.25) is 9.98 Å². The van der Waals surface area contributed by atoms with Gasteiger partial charge in [-0.05, 0) is 37.0 Å². The van der Waals surface area contributed by atoms with Gasteiger partial charge in [-0.15, -0.1) is 0 Å². The minimum atomic E-state index is 0.702. The van der Waals surface area contributed by atoms with Gasteiger partial charge in [0.25, 0.3) is 0 Å². The third kappa shape index (κ3) is 3.73. The lowest BCUT2D eigenvalue weighted by Crippen LogP contribution is -2.20. The lowest BCUT2D eigenvalue weighted by Gasteiger charge is -2.26. The first-order valence-electron chi connectivity index (χ1n) is 10.2. The Bertz CT molecular complexity index is 1130. The van der Waals surface area contributed by atoms with Gasteiger partial charge < -0.3 is 14.4 Å². The van der Waals surface area contributed by atoms with E-state index in [2.05, 4.69) is 45.2 Å². The van der Waals surface area contributed by atoms with E-state index in [0.717, 1.165) is 58.3 Å². The van der Waals surface area contributed by atoms with E-state index >= 15 is 0 Å². The quantitative estimate of drug-likeness (QED) is 0.558. The Morgan fingerprint density at radius 2 is 1.77 bits per heavy atom. The van der Waals surface area contributed by atoms with E-state index in [0.29, 0.717) is 5.92 Å². The first-order chi connectivity index (χ1) is 14.7. The molecule has 2 heterocycles. The zero-order valence-corrected chi connectivity index (χ0v) is 17.2. The fourth-order valence-electron chi connectivity index (χ4n) is 3.70. The number of nitrogens with zero attached hydrogens (tertiary/aromatic N) is 4. The highest BCUT2D eigenvalue weighted by Crippen LogP contribution is 2.38. The summed E-state index contributed by atoms with van der Waals surface area (Å²) in [5.41, 5.74) is 5.57. The predicted molar refractivity (Wildman–Crippen MR) is 120 cm³/mol. The number of allylic oxidation sites excluding steroid dienone is 1. The highest BCUT2D eigenvalue weighted by atomic mass is 16.5. The van der Waals surface area contributed by atoms with Crippen LogP contribution in [0.4, 0.5) is 11.4 Å². The Labute approximate surface area is 175 Å². The highest BCUT2D eigenvalue weighted by molar-refractivity contribution is 5.84. The lowest BCUT2D eigenvalue weighted by atomic mass is 10.1. The molecule has 0 amide bonds. The van der Waals surface area contributed by atoms with Gasteiger partial charge in [0.05, 0.1) is 37.1 Å². The van der Waals surface area contributed by atoms with E-state index in [1.54, 1.807) is 20.4 Å². The molecule has 30 heavy (non-hydrogen) atoms. The molecule has 152 valence electrons. The molecule has 1 fully saturated rings. The van der Waals surface area contributed by atoms with Crippen LogP contribution < -0.4 is 14.4 Å². The molecule has 0 atom stereocenters. The van der Waals surface area contributed by atoms with Crippen molar-refractivity contribution < 1.29 is 9.47 Å². The summed E-state index contributed by atoms with van der Waals surface area (Å²) < 4.78 is 11.0. The van der Waals surface area contributed by atoms with Gasteiger partial charge in [0.2, 0.25) is 0 Å². The second-order valence-electron chi connectivity index (χ2n) is 7.69. The summed E-state index contributed by atoms with van der Waals surface area (Å²) in [6.07, 6.45) is 9.14. The van der Waals surface area contributed by atoms with E-state index in [1.165, 1.54) is 12.8 Å². The van der Waals surface area contributed by atoms with Gasteiger partial charge in [0.1, 0.15) is 17.2 Å². The number of rotatable bonds is 7. The van der Waals surface area contributed by atoms with Crippen molar-refractivity contribution in [2.75, 3.05) is 25.7 Å². The van der Waals surface area contributed by atoms with Crippen molar-refractivity contribution in [3.05, 3.63) is 54.4 Å². The molecule has 0 spiro atoms. The van der Waals surface area contributed by atoms with Crippen LogP contribution in [0.3, 0.4) is 0 Å². The number of aromatic nitrogens is 2. The molecule has 0 N–H and O–H groups in total. The maximum absolute atomic E-state index is 5.50. The maximum atomic E-state index is 5.50. The average molecular weight is 400 g/mol. The van der Waals surface area contributed by atoms with Crippen LogP contribution in [-0.2, 0) is 0 Å². The summed E-state index contributed by atoms with van der Waals surface area (Å²) in [5, 5.41) is 0. The molecular formula is C24H24N4O2. The summed E-state index contributed by atoms with van der Waals surface area (Å²) in [5.74, 6) is 2.26. The van der Waals surface area contributed by atoms with E-state index in [-0.39, 0.29) is 0 Å². The number of anilines is 2. The van der Waals surface area contributed by atoms with Gasteiger partial charge in [0, 0.05) is 48.8 Å². The Morgan fingerprint density at radius 3 is 2.43 bits per heavy atom. The monoisotopic (exact) mass is 400 g/mol. The fraction of sp³-hybridized carbons (Fsp3) is 0.292. The van der Waals surface area contributed by atoms with Crippen molar-refractivity contribution in [1.29, 1.82) is 0 Å². The summed E-state index contributed by atoms with van der Waals surface area (Å²) >= 11 is 0. The first kappa shape index (κ1) is 18.6. The lowest BCUT2D eigenvalue weighted by molar-refractivity contribution is 0.394. The van der Waals surface area contributed by atoms with Crippen LogP contribution in [0.15, 0.2) is 53.7 Å². The molecule has 3 aromatic rings. The van der Waals surface area contributed by atoms with Crippen molar-refractivity contribution in [3.63, 3.8) is 0 Å². The summed E-state index contributed by atoms with van der Waals surface area (Å²) in [6, 6.07) is 12.2. The Hall–Kier alpha value is -3.41. The van der Waals surface area contributed by atoms with Gasteiger partial charge in [-0.1, -0.05) is 6.08 Å². The second-order valence-corrected chi connectivity index (χ2v) is 7.69. The van der Waals surface area contributed by atoms with Crippen LogP contribution in [0, 0.1) is 5.92 Å². The molecule has 0 radical (unpaired) electrons. The third-order valence-electron chi connectivity index (χ3n) is 5.53. The Morgan fingerprint density at radius 1 is 0.967 bits per heavy atom. The molecule has 2 aromatic carbocycles. The molecule has 0 bridgehead atoms. The van der Waals surface area contributed by atoms with Crippen LogP contribution >= 0.6 is 0 Å². The summed E-state index contributed by atoms with van der Waals surface area (Å²) in [7, 11) is 3.36. The molecule has 0 unspecified atom stereocenters. The maximum Gasteiger partial charge on any atom is 0.124 e. The molecule has 6 nitrogen and oxygen atoms in total. The Balaban J connectivity index is 1.58. The van der Waals surface area contributed by atoms with E-state index < -0.39 is 0 Å². The number of fused-ring (bicyclic) bond motifs is 1. The van der Waals surface area contributed by atoms with Crippen molar-refractivity contribution in [3.8, 4) is 11.5 Å². The number of ether oxygens (including phenoxy) is 2. The molecule has 2 aliphatic rings. The number of benzene rings is 2. The standard InChI is InChI=1S/C24H24N4O2/c1-29-19-10-18(11-20(13-19)30-2)28(15-16-5-6-16)17-7-8-22-23(12-17)27-24(14-26-22)21-4-3-9-25-21/h4,7-14,16H,3,5-6,15H2,1-2H3. The highest BCUT2D eigenvalue weighted by Gasteiger charge is 2.26. The first-order valence-corrected chi connectivity index (χ1v) is 10.2. The molecule has 0 saturated heterocycles. The normalized spacial score (nSPS) is 15.3. The molecule has 1 aliphatic heterocycles. The largest absolute Gasteiger partial charge is 0.497 e. The van der Waals surface area contributed by atoms with Crippen molar-refractivity contribution in [1.82, 2.24) is 9.97 Å². The molecule has 6 heteroatoms. The third-order valence-corrected chi connectivity index (χ3v) is 5.53. The minimum Gasteiger partial charge on any atom is -0.497 e. The van der Waals surface area contributed by atoms with Crippen LogP contribution in [0.1, 0.15) is 25.0 Å². The summed E-state index contributed by atoms with van der Waals surface area (Å²) in [6.45, 7) is 0.949. The zero-order chi connectivity index (χ0) is 20.5. The van der Waals surface area contributed by atoms with Gasteiger partial charge >= 0.3 is 0 Å². The number of methoxy groups -OCH3 is 2. The number of hydrogen-bond donors (Lipinski definition) is 0. The van der Waals surface area contributed by atoms with Crippen LogP contribution in [-0.4, -0.2) is 36.9 Å². The van der Waals surface area contributed by atoms with Crippen molar-refractivity contribution in [2.45, 2.75) is 19.3 Å². The zero-order valence-electron chi connectivity index (χ0n) is 17.2. The van der Waals surface area contributed by atoms with Crippen LogP contribution in [0.25, 0.3) is 16.7 Å². The van der Waals surface area contributed by atoms with E-state index in [1.807, 2.05) is 18.3 Å². The second kappa shape index (κ2) is 7.78. The van der Waals surface area contributed by atoms with Gasteiger partial charge in [0.15, 0.2) is 0 Å². The van der Waals surface area contributed by atoms with Gasteiger partial charge in [-0.2, -0.15) is 0 Å². The molecule has 1 aromatic heterocycles. The molecule has 1 saturated carbocycles. The van der Waals surface area contributed by atoms with E-state index in [9.17, 15) is 0 Å². The van der Waals surface area contributed by atoms with Crippen molar-refractivity contribution >= 4 is 34.3 Å².